The minimum absolute atomic E-state index is 0.0443. The number of anilines is 1. The van der Waals surface area contributed by atoms with E-state index in [1.807, 2.05) is 0 Å². The van der Waals surface area contributed by atoms with Gasteiger partial charge in [-0.1, -0.05) is 17.7 Å². The number of piperidine rings is 1. The van der Waals surface area contributed by atoms with Crippen LogP contribution in [0.2, 0.25) is 5.02 Å². The fourth-order valence-electron chi connectivity index (χ4n) is 3.34. The normalized spacial score (nSPS) is 16.0. The summed E-state index contributed by atoms with van der Waals surface area (Å²) in [6.07, 6.45) is 2.08. The predicted molar refractivity (Wildman–Crippen MR) is 109 cm³/mol. The van der Waals surface area contributed by atoms with Gasteiger partial charge in [-0.3, -0.25) is 4.79 Å². The van der Waals surface area contributed by atoms with E-state index in [2.05, 4.69) is 5.32 Å². The molecule has 1 heterocycles. The molecule has 0 bridgehead atoms. The molecule has 1 fully saturated rings. The highest BCUT2D eigenvalue weighted by Gasteiger charge is 2.29. The Balaban J connectivity index is 1.74. The van der Waals surface area contributed by atoms with Crippen LogP contribution >= 0.6 is 11.6 Å². The van der Waals surface area contributed by atoms with Crippen LogP contribution in [0.4, 0.5) is 10.1 Å². The maximum Gasteiger partial charge on any atom is 0.255 e. The van der Waals surface area contributed by atoms with Crippen molar-refractivity contribution in [1.29, 1.82) is 0 Å². The summed E-state index contributed by atoms with van der Waals surface area (Å²) in [5, 5.41) is 11.5. The minimum Gasteiger partial charge on any atom is -0.396 e. The third-order valence-corrected chi connectivity index (χ3v) is 7.21. The molecule has 0 atom stereocenters. The number of carbonyl (C=O) groups is 1. The third kappa shape index (κ3) is 5.14. The number of hydrogen-bond donors (Lipinski definition) is 2. The second kappa shape index (κ2) is 9.21. The summed E-state index contributed by atoms with van der Waals surface area (Å²) < 4.78 is 40.6. The van der Waals surface area contributed by atoms with E-state index in [1.54, 1.807) is 0 Å². The van der Waals surface area contributed by atoms with Gasteiger partial charge in [0, 0.05) is 30.9 Å². The number of amides is 1. The van der Waals surface area contributed by atoms with Crippen molar-refractivity contribution in [3.05, 3.63) is 58.9 Å². The Morgan fingerprint density at radius 2 is 1.93 bits per heavy atom. The molecule has 0 spiro atoms. The Kier molecular flexibility index (Phi) is 6.89. The molecule has 3 rings (SSSR count). The number of rotatable bonds is 6. The van der Waals surface area contributed by atoms with Crippen LogP contribution in [0.25, 0.3) is 0 Å². The molecule has 0 unspecified atom stereocenters. The summed E-state index contributed by atoms with van der Waals surface area (Å²) in [7, 11) is -3.72. The summed E-state index contributed by atoms with van der Waals surface area (Å²) in [5.74, 6) is -0.794. The fraction of sp³-hybridized carbons (Fsp3) is 0.350. The van der Waals surface area contributed by atoms with Crippen LogP contribution in [-0.2, 0) is 10.0 Å². The van der Waals surface area contributed by atoms with Gasteiger partial charge in [0.1, 0.15) is 5.82 Å². The Hall–Kier alpha value is -2.00. The lowest BCUT2D eigenvalue weighted by atomic mass is 9.95. The van der Waals surface area contributed by atoms with Gasteiger partial charge in [-0.05, 0) is 61.6 Å². The molecule has 1 aliphatic heterocycles. The topological polar surface area (TPSA) is 86.7 Å². The average Bonchev–Trinajstić information content (AvgIpc) is 2.71. The van der Waals surface area contributed by atoms with Crippen molar-refractivity contribution in [2.24, 2.45) is 5.92 Å². The zero-order valence-corrected chi connectivity index (χ0v) is 17.2. The molecule has 9 heteroatoms. The van der Waals surface area contributed by atoms with Crippen molar-refractivity contribution in [3.8, 4) is 0 Å². The van der Waals surface area contributed by atoms with Crippen LogP contribution in [0.1, 0.15) is 29.6 Å². The predicted octanol–water partition coefficient (Wildman–Crippen LogP) is 3.51. The molecule has 0 radical (unpaired) electrons. The Morgan fingerprint density at radius 3 is 2.59 bits per heavy atom. The van der Waals surface area contributed by atoms with Crippen LogP contribution in [0, 0.1) is 11.7 Å². The molecule has 0 saturated carbocycles. The van der Waals surface area contributed by atoms with Gasteiger partial charge in [0.05, 0.1) is 9.92 Å². The van der Waals surface area contributed by atoms with Crippen LogP contribution in [0.15, 0.2) is 47.4 Å². The van der Waals surface area contributed by atoms with Crippen molar-refractivity contribution in [3.63, 3.8) is 0 Å². The first-order valence-electron chi connectivity index (χ1n) is 9.28. The molecule has 0 aliphatic carbocycles. The largest absolute Gasteiger partial charge is 0.396 e. The van der Waals surface area contributed by atoms with E-state index in [9.17, 15) is 17.6 Å². The summed E-state index contributed by atoms with van der Waals surface area (Å²) in [4.78, 5) is 12.5. The van der Waals surface area contributed by atoms with Gasteiger partial charge in [-0.15, -0.1) is 0 Å². The number of aliphatic hydroxyl groups excluding tert-OH is 1. The number of nitrogens with zero attached hydrogens (tertiary/aromatic N) is 1. The molecule has 1 saturated heterocycles. The van der Waals surface area contributed by atoms with Crippen molar-refractivity contribution >= 4 is 33.2 Å². The summed E-state index contributed by atoms with van der Waals surface area (Å²) >= 11 is 5.72. The van der Waals surface area contributed by atoms with Crippen molar-refractivity contribution < 1.29 is 22.7 Å². The molecular formula is C20H22ClFN2O4S. The van der Waals surface area contributed by atoms with E-state index < -0.39 is 21.7 Å². The van der Waals surface area contributed by atoms with E-state index in [0.29, 0.717) is 44.0 Å². The molecule has 2 N–H and O–H groups in total. The zero-order chi connectivity index (χ0) is 21.0. The second-order valence-corrected chi connectivity index (χ2v) is 9.32. The molecule has 6 nitrogen and oxygen atoms in total. The highest BCUT2D eigenvalue weighted by Crippen LogP contribution is 2.26. The van der Waals surface area contributed by atoms with Crippen LogP contribution in [0.3, 0.4) is 0 Å². The SMILES string of the molecule is O=C(Nc1ccc(F)c(Cl)c1)c1cccc(S(=O)(=O)N2CCC(CCO)CC2)c1. The molecule has 156 valence electrons. The number of benzene rings is 2. The average molecular weight is 441 g/mol. The second-order valence-electron chi connectivity index (χ2n) is 6.97. The van der Waals surface area contributed by atoms with Crippen LogP contribution < -0.4 is 5.32 Å². The number of halogens is 2. The number of hydrogen-bond acceptors (Lipinski definition) is 4. The fourth-order valence-corrected chi connectivity index (χ4v) is 5.04. The van der Waals surface area contributed by atoms with Crippen molar-refractivity contribution in [2.45, 2.75) is 24.2 Å². The molecule has 29 heavy (non-hydrogen) atoms. The third-order valence-electron chi connectivity index (χ3n) is 5.02. The highest BCUT2D eigenvalue weighted by molar-refractivity contribution is 7.89. The van der Waals surface area contributed by atoms with E-state index in [4.69, 9.17) is 16.7 Å². The molecule has 1 amide bonds. The van der Waals surface area contributed by atoms with E-state index in [1.165, 1.54) is 40.7 Å². The van der Waals surface area contributed by atoms with Crippen molar-refractivity contribution in [1.82, 2.24) is 4.31 Å². The molecular weight excluding hydrogens is 419 g/mol. The first-order valence-corrected chi connectivity index (χ1v) is 11.1. The first kappa shape index (κ1) is 21.7. The maximum atomic E-state index is 13.3. The molecule has 2 aromatic rings. The van der Waals surface area contributed by atoms with E-state index in [0.717, 1.165) is 6.07 Å². The number of aliphatic hydroxyl groups is 1. The number of sulfonamides is 1. The van der Waals surface area contributed by atoms with Gasteiger partial charge in [0.15, 0.2) is 0 Å². The summed E-state index contributed by atoms with van der Waals surface area (Å²) in [6.45, 7) is 0.878. The summed E-state index contributed by atoms with van der Waals surface area (Å²) in [5.41, 5.74) is 0.474. The van der Waals surface area contributed by atoms with Crippen LogP contribution in [-0.4, -0.2) is 43.4 Å². The van der Waals surface area contributed by atoms with Gasteiger partial charge in [-0.2, -0.15) is 4.31 Å². The smallest absolute Gasteiger partial charge is 0.255 e. The number of carbonyl (C=O) groups excluding carboxylic acids is 1. The Bertz CT molecular complexity index is 992. The quantitative estimate of drug-likeness (QED) is 0.719. The van der Waals surface area contributed by atoms with Crippen LogP contribution in [0.5, 0.6) is 0 Å². The molecule has 2 aromatic carbocycles. The monoisotopic (exact) mass is 440 g/mol. The van der Waals surface area contributed by atoms with Gasteiger partial charge >= 0.3 is 0 Å². The standard InChI is InChI=1S/C20H22ClFN2O4S/c21-18-13-16(4-5-19(18)22)23-20(26)15-2-1-3-17(12-15)29(27,28)24-9-6-14(7-10-24)8-11-25/h1-5,12-14,25H,6-11H2,(H,23,26). The first-order chi connectivity index (χ1) is 13.8. The van der Waals surface area contributed by atoms with Gasteiger partial charge in [0.25, 0.3) is 5.91 Å². The van der Waals surface area contributed by atoms with Gasteiger partial charge < -0.3 is 10.4 Å². The van der Waals surface area contributed by atoms with Crippen molar-refractivity contribution in [2.75, 3.05) is 25.0 Å². The highest BCUT2D eigenvalue weighted by atomic mass is 35.5. The Morgan fingerprint density at radius 1 is 1.21 bits per heavy atom. The Labute approximate surface area is 174 Å². The molecule has 0 aromatic heterocycles. The summed E-state index contributed by atoms with van der Waals surface area (Å²) in [6, 6.07) is 9.60. The van der Waals surface area contributed by atoms with E-state index >= 15 is 0 Å². The lowest BCUT2D eigenvalue weighted by Gasteiger charge is -2.31. The molecule has 1 aliphatic rings. The van der Waals surface area contributed by atoms with Gasteiger partial charge in [0.2, 0.25) is 10.0 Å². The lowest BCUT2D eigenvalue weighted by molar-refractivity contribution is 0.102. The van der Waals surface area contributed by atoms with Gasteiger partial charge in [-0.25, -0.2) is 12.8 Å². The number of nitrogens with one attached hydrogen (secondary N) is 1. The van der Waals surface area contributed by atoms with E-state index in [-0.39, 0.29) is 22.1 Å². The lowest BCUT2D eigenvalue weighted by Crippen LogP contribution is -2.38. The maximum absolute atomic E-state index is 13.3. The minimum atomic E-state index is -3.72. The zero-order valence-electron chi connectivity index (χ0n) is 15.6.